The number of esters is 2. The number of aliphatic hydroxyl groups is 5. The minimum Gasteiger partial charge on any atom is -0.462 e. The molecule has 1 heterocycles. The smallest absolute Gasteiger partial charge is 0.462 e. The molecule has 0 aromatic heterocycles. The van der Waals surface area contributed by atoms with Crippen LogP contribution in [0.25, 0.3) is 0 Å². The van der Waals surface area contributed by atoms with Crippen LogP contribution < -0.4 is 0 Å². The van der Waals surface area contributed by atoms with Crippen molar-refractivity contribution in [3.63, 3.8) is 0 Å². The van der Waals surface area contributed by atoms with E-state index in [4.69, 9.17) is 23.3 Å². The van der Waals surface area contributed by atoms with E-state index in [-0.39, 0.29) is 12.8 Å². The van der Waals surface area contributed by atoms with Gasteiger partial charge in [0.05, 0.1) is 18.8 Å². The van der Waals surface area contributed by atoms with Gasteiger partial charge in [-0.05, 0) is 83.5 Å². The number of phosphoric acid groups is 1. The molecule has 1 aliphatic heterocycles. The Balaban J connectivity index is 1.71. The highest BCUT2D eigenvalue weighted by Crippen LogP contribution is 2.47. The van der Waals surface area contributed by atoms with Gasteiger partial charge in [-0.15, -0.1) is 0 Å². The summed E-state index contributed by atoms with van der Waals surface area (Å²) < 4.78 is 39.3. The number of rotatable bonds is 38. The number of allylic oxidation sites excluding steroid dienone is 9. The molecule has 368 valence electrons. The zero-order valence-electron chi connectivity index (χ0n) is 38.8. The molecule has 2 rings (SSSR count). The van der Waals surface area contributed by atoms with Crippen LogP contribution in [0.5, 0.6) is 0 Å². The van der Waals surface area contributed by atoms with Crippen molar-refractivity contribution in [1.82, 2.24) is 0 Å². The number of ether oxygens (including phenoxy) is 3. The maximum absolute atomic E-state index is 12.8. The molecule has 5 unspecified atom stereocenters. The first-order valence-electron chi connectivity index (χ1n) is 24.2. The van der Waals surface area contributed by atoms with Gasteiger partial charge in [0.1, 0.15) is 43.2 Å². The van der Waals surface area contributed by atoms with Crippen LogP contribution in [-0.2, 0) is 37.4 Å². The van der Waals surface area contributed by atoms with Crippen molar-refractivity contribution < 1.29 is 67.8 Å². The third kappa shape index (κ3) is 27.2. The molecule has 1 aliphatic carbocycles. The lowest BCUT2D eigenvalue weighted by Gasteiger charge is -2.41. The van der Waals surface area contributed by atoms with Gasteiger partial charge in [-0.25, -0.2) is 4.57 Å². The summed E-state index contributed by atoms with van der Waals surface area (Å²) in [7, 11) is -5.14. The van der Waals surface area contributed by atoms with Crippen LogP contribution in [0, 0.1) is 0 Å². The number of aliphatic hydroxyl groups excluding tert-OH is 5. The van der Waals surface area contributed by atoms with Crippen LogP contribution in [0.2, 0.25) is 0 Å². The largest absolute Gasteiger partial charge is 0.472 e. The fourth-order valence-electron chi connectivity index (χ4n) is 7.22. The molecule has 0 amide bonds. The number of epoxide rings is 1. The van der Waals surface area contributed by atoms with E-state index in [2.05, 4.69) is 74.6 Å². The Labute approximate surface area is 383 Å². The van der Waals surface area contributed by atoms with Crippen LogP contribution in [0.3, 0.4) is 0 Å². The van der Waals surface area contributed by atoms with Crippen molar-refractivity contribution in [2.24, 2.45) is 0 Å². The van der Waals surface area contributed by atoms with Crippen molar-refractivity contribution in [2.45, 2.75) is 223 Å². The van der Waals surface area contributed by atoms with Crippen molar-refractivity contribution in [3.8, 4) is 0 Å². The van der Waals surface area contributed by atoms with Crippen LogP contribution in [-0.4, -0.2) is 111 Å². The van der Waals surface area contributed by atoms with Gasteiger partial charge < -0.3 is 44.6 Å². The molecule has 0 aromatic carbocycles. The minimum absolute atomic E-state index is 0.0508. The third-order valence-electron chi connectivity index (χ3n) is 11.3. The van der Waals surface area contributed by atoms with Gasteiger partial charge in [0, 0.05) is 12.8 Å². The minimum atomic E-state index is -5.14. The Morgan fingerprint density at radius 3 is 1.62 bits per heavy atom. The van der Waals surface area contributed by atoms with E-state index >= 15 is 0 Å². The second kappa shape index (κ2) is 35.7. The normalized spacial score (nSPS) is 25.2. The summed E-state index contributed by atoms with van der Waals surface area (Å²) in [6.07, 6.45) is 31.5. The second-order valence-electron chi connectivity index (χ2n) is 17.0. The average molecular weight is 927 g/mol. The zero-order valence-corrected chi connectivity index (χ0v) is 39.6. The van der Waals surface area contributed by atoms with E-state index in [1.807, 2.05) is 0 Å². The van der Waals surface area contributed by atoms with Gasteiger partial charge in [0.2, 0.25) is 0 Å². The number of hydrogen-bond donors (Lipinski definition) is 6. The highest BCUT2D eigenvalue weighted by atomic mass is 31.2. The Morgan fingerprint density at radius 2 is 1.03 bits per heavy atom. The predicted octanol–water partition coefficient (Wildman–Crippen LogP) is 8.71. The Bertz CT molecular complexity index is 1420. The van der Waals surface area contributed by atoms with Crippen LogP contribution in [0.1, 0.15) is 168 Å². The number of hydrogen-bond acceptors (Lipinski definition) is 13. The van der Waals surface area contributed by atoms with E-state index in [1.165, 1.54) is 38.5 Å². The molecular weight excluding hydrogens is 843 g/mol. The SMILES string of the molecule is CCCCC/C=C\C/C=C\C/C=C\C/C=C\CCCCCC(=O)O[C@H](COC(=O)CCCCCCC/C=C\CC1OC1CCCCC)COP(=O)(O)OC1[C@H](O)[C@H](O)C(O)[C@H](O)[C@H]1O. The maximum atomic E-state index is 12.8. The molecule has 14 nitrogen and oxygen atoms in total. The molecule has 0 radical (unpaired) electrons. The van der Waals surface area contributed by atoms with Crippen LogP contribution in [0.4, 0.5) is 0 Å². The Morgan fingerprint density at radius 1 is 0.562 bits per heavy atom. The lowest BCUT2D eigenvalue weighted by Crippen LogP contribution is -2.64. The van der Waals surface area contributed by atoms with E-state index in [1.54, 1.807) is 0 Å². The molecule has 10 atom stereocenters. The number of unbranched alkanes of at least 4 members (excludes halogenated alkanes) is 13. The molecule has 15 heteroatoms. The molecular formula is C49H83O14P. The van der Waals surface area contributed by atoms with E-state index in [0.29, 0.717) is 25.0 Å². The topological polar surface area (TPSA) is 222 Å². The lowest BCUT2D eigenvalue weighted by atomic mass is 9.85. The first-order chi connectivity index (χ1) is 30.9. The summed E-state index contributed by atoms with van der Waals surface area (Å²) in [5.41, 5.74) is 0. The lowest BCUT2D eigenvalue weighted by molar-refractivity contribution is -0.220. The first kappa shape index (κ1) is 57.6. The number of phosphoric ester groups is 1. The number of carbonyl (C=O) groups is 2. The van der Waals surface area contributed by atoms with Gasteiger partial charge in [-0.1, -0.05) is 132 Å². The van der Waals surface area contributed by atoms with E-state index < -0.39 is 75.7 Å². The van der Waals surface area contributed by atoms with Crippen LogP contribution >= 0.6 is 7.82 Å². The molecule has 2 fully saturated rings. The monoisotopic (exact) mass is 927 g/mol. The summed E-state index contributed by atoms with van der Waals surface area (Å²) in [6.45, 7) is 3.20. The van der Waals surface area contributed by atoms with Gasteiger partial charge in [0.15, 0.2) is 6.10 Å². The van der Waals surface area contributed by atoms with Gasteiger partial charge in [0.25, 0.3) is 0 Å². The third-order valence-corrected chi connectivity index (χ3v) is 12.2. The standard InChI is InChI=1S/C49H83O14P/c1-3-5-7-8-9-10-11-12-13-14-15-16-17-18-19-20-25-28-32-36-43(51)61-39(38-60-64(57,58)63-49-47(55)45(53)44(52)46(54)48(49)56)37-59-42(50)35-31-27-24-22-21-23-26-30-34-41-40(62-41)33-29-6-4-2/h9-10,12-13,15-16,18-19,26,30,39-41,44-49,52-56H,3-8,11,14,17,20-25,27-29,31-38H2,1-2H3,(H,57,58)/b10-9-,13-12-,16-15-,19-18-,30-26-/t39-,40?,41?,44?,45-,46+,47-,48-,49?/m1/s1. The van der Waals surface area contributed by atoms with E-state index in [9.17, 15) is 44.6 Å². The highest BCUT2D eigenvalue weighted by molar-refractivity contribution is 7.47. The van der Waals surface area contributed by atoms with E-state index in [0.717, 1.165) is 89.9 Å². The molecule has 0 bridgehead atoms. The zero-order chi connectivity index (χ0) is 46.8. The molecule has 0 aromatic rings. The van der Waals surface area contributed by atoms with Crippen molar-refractivity contribution >= 4 is 19.8 Å². The van der Waals surface area contributed by atoms with Gasteiger partial charge >= 0.3 is 19.8 Å². The number of carbonyl (C=O) groups excluding carboxylic acids is 2. The molecule has 1 saturated heterocycles. The fourth-order valence-corrected chi connectivity index (χ4v) is 8.19. The summed E-state index contributed by atoms with van der Waals surface area (Å²) in [5, 5.41) is 50.2. The van der Waals surface area contributed by atoms with Gasteiger partial charge in [-0.2, -0.15) is 0 Å². The van der Waals surface area contributed by atoms with Gasteiger partial charge in [-0.3, -0.25) is 18.6 Å². The van der Waals surface area contributed by atoms with Crippen molar-refractivity contribution in [3.05, 3.63) is 60.8 Å². The van der Waals surface area contributed by atoms with Crippen LogP contribution in [0.15, 0.2) is 60.8 Å². The fraction of sp³-hybridized carbons (Fsp3) is 0.755. The summed E-state index contributed by atoms with van der Waals surface area (Å²) in [5.74, 6) is -1.16. The average Bonchev–Trinajstić information content (AvgIpc) is 4.03. The molecule has 64 heavy (non-hydrogen) atoms. The first-order valence-corrected chi connectivity index (χ1v) is 25.7. The van der Waals surface area contributed by atoms with Crippen molar-refractivity contribution in [1.29, 1.82) is 0 Å². The molecule has 2 aliphatic rings. The Hall–Kier alpha value is -2.49. The Kier molecular flexibility index (Phi) is 32.1. The maximum Gasteiger partial charge on any atom is 0.472 e. The highest BCUT2D eigenvalue weighted by Gasteiger charge is 2.51. The molecule has 1 saturated carbocycles. The second-order valence-corrected chi connectivity index (χ2v) is 18.4. The molecule has 0 spiro atoms. The quantitative estimate of drug-likeness (QED) is 0.0112. The summed E-state index contributed by atoms with van der Waals surface area (Å²) in [6, 6.07) is 0. The van der Waals surface area contributed by atoms with Crippen molar-refractivity contribution in [2.75, 3.05) is 13.2 Å². The predicted molar refractivity (Wildman–Crippen MR) is 248 cm³/mol. The molecule has 6 N–H and O–H groups in total. The summed E-state index contributed by atoms with van der Waals surface area (Å²) >= 11 is 0. The summed E-state index contributed by atoms with van der Waals surface area (Å²) in [4.78, 5) is 35.8.